The van der Waals surface area contributed by atoms with E-state index in [2.05, 4.69) is 34.7 Å². The topological polar surface area (TPSA) is 18.5 Å². The van der Waals surface area contributed by atoms with Crippen LogP contribution in [0.1, 0.15) is 0 Å². The van der Waals surface area contributed by atoms with Crippen molar-refractivity contribution in [3.8, 4) is 0 Å². The molecule has 0 N–H and O–H groups in total. The minimum absolute atomic E-state index is 1.20. The standard InChI is InChI=1S/C9H13IO2Si/c1-11-13(3,12-2)9-7-5-4-6-8(9)10/h4-7H,1-3H3. The van der Waals surface area contributed by atoms with E-state index in [1.165, 1.54) is 8.76 Å². The Morgan fingerprint density at radius 3 is 2.15 bits per heavy atom. The smallest absolute Gasteiger partial charge is 0.369 e. The van der Waals surface area contributed by atoms with Gasteiger partial charge in [0.15, 0.2) is 0 Å². The van der Waals surface area contributed by atoms with Gasteiger partial charge in [0.05, 0.1) is 0 Å². The largest absolute Gasteiger partial charge is 0.394 e. The number of halogens is 1. The van der Waals surface area contributed by atoms with Gasteiger partial charge >= 0.3 is 8.56 Å². The summed E-state index contributed by atoms with van der Waals surface area (Å²) in [7, 11) is 1.29. The van der Waals surface area contributed by atoms with Gasteiger partial charge in [0, 0.05) is 23.0 Å². The summed E-state index contributed by atoms with van der Waals surface area (Å²) in [6.07, 6.45) is 0. The lowest BCUT2D eigenvalue weighted by Crippen LogP contribution is -2.50. The lowest BCUT2D eigenvalue weighted by molar-refractivity contribution is 0.265. The maximum atomic E-state index is 5.47. The van der Waals surface area contributed by atoms with Gasteiger partial charge < -0.3 is 8.85 Å². The van der Waals surface area contributed by atoms with Crippen molar-refractivity contribution in [1.82, 2.24) is 0 Å². The molecule has 0 unspecified atom stereocenters. The maximum absolute atomic E-state index is 5.47. The van der Waals surface area contributed by atoms with Gasteiger partial charge in [-0.2, -0.15) is 0 Å². The van der Waals surface area contributed by atoms with Crippen molar-refractivity contribution in [3.05, 3.63) is 27.8 Å². The first-order valence-corrected chi connectivity index (χ1v) is 7.39. The molecule has 0 aliphatic rings. The minimum Gasteiger partial charge on any atom is -0.394 e. The van der Waals surface area contributed by atoms with Crippen molar-refractivity contribution in [1.29, 1.82) is 0 Å². The number of hydrogen-bond donors (Lipinski definition) is 0. The Hall–Kier alpha value is 0.0869. The van der Waals surface area contributed by atoms with E-state index in [1.54, 1.807) is 14.2 Å². The SMILES string of the molecule is CO[Si](C)(OC)c1ccccc1I. The molecule has 0 aromatic heterocycles. The fourth-order valence-electron chi connectivity index (χ4n) is 1.13. The van der Waals surface area contributed by atoms with Crippen LogP contribution in [-0.2, 0) is 8.85 Å². The normalized spacial score (nSPS) is 11.7. The first kappa shape index (κ1) is 11.2. The predicted octanol–water partition coefficient (Wildman–Crippen LogP) is 1.86. The fourth-order valence-corrected chi connectivity index (χ4v) is 4.51. The predicted molar refractivity (Wildman–Crippen MR) is 64.4 cm³/mol. The number of rotatable bonds is 3. The molecule has 1 rings (SSSR count). The second kappa shape index (κ2) is 4.54. The van der Waals surface area contributed by atoms with Crippen LogP contribution in [-0.4, -0.2) is 22.8 Å². The highest BCUT2D eigenvalue weighted by Crippen LogP contribution is 2.10. The Morgan fingerprint density at radius 1 is 1.15 bits per heavy atom. The highest BCUT2D eigenvalue weighted by atomic mass is 127. The van der Waals surface area contributed by atoms with Gasteiger partial charge in [0.2, 0.25) is 0 Å². The summed E-state index contributed by atoms with van der Waals surface area (Å²) in [5, 5.41) is 1.20. The van der Waals surface area contributed by atoms with Gasteiger partial charge in [0.1, 0.15) is 0 Å². The summed E-state index contributed by atoms with van der Waals surface area (Å²) in [6.45, 7) is 2.05. The maximum Gasteiger partial charge on any atom is 0.369 e. The van der Waals surface area contributed by atoms with E-state index in [1.807, 2.05) is 18.7 Å². The fraction of sp³-hybridized carbons (Fsp3) is 0.333. The second-order valence-corrected chi connectivity index (χ2v) is 7.24. The summed E-state index contributed by atoms with van der Waals surface area (Å²) in [6, 6.07) is 8.17. The average molecular weight is 308 g/mol. The van der Waals surface area contributed by atoms with Gasteiger partial charge in [-0.25, -0.2) is 0 Å². The molecule has 0 aliphatic carbocycles. The van der Waals surface area contributed by atoms with E-state index in [0.717, 1.165) is 0 Å². The van der Waals surface area contributed by atoms with Crippen molar-refractivity contribution < 1.29 is 8.85 Å². The van der Waals surface area contributed by atoms with E-state index in [4.69, 9.17) is 8.85 Å². The highest BCUT2D eigenvalue weighted by molar-refractivity contribution is 14.1. The van der Waals surface area contributed by atoms with Gasteiger partial charge in [0.25, 0.3) is 0 Å². The Kier molecular flexibility index (Phi) is 3.90. The average Bonchev–Trinajstić information content (AvgIpc) is 2.17. The van der Waals surface area contributed by atoms with Crippen LogP contribution in [0, 0.1) is 3.57 Å². The third kappa shape index (κ3) is 2.31. The third-order valence-corrected chi connectivity index (χ3v) is 6.56. The van der Waals surface area contributed by atoms with Gasteiger partial charge in [-0.1, -0.05) is 18.2 Å². The van der Waals surface area contributed by atoms with Crippen molar-refractivity contribution in [3.63, 3.8) is 0 Å². The summed E-state index contributed by atoms with van der Waals surface area (Å²) in [5.41, 5.74) is 0. The van der Waals surface area contributed by atoms with Gasteiger partial charge in [-0.15, -0.1) is 0 Å². The van der Waals surface area contributed by atoms with Gasteiger partial charge in [-0.05, 0) is 35.2 Å². The molecule has 1 aromatic rings. The molecule has 0 aliphatic heterocycles. The third-order valence-electron chi connectivity index (χ3n) is 2.14. The summed E-state index contributed by atoms with van der Waals surface area (Å²) in [4.78, 5) is 0. The molecule has 0 fully saturated rings. The van der Waals surface area contributed by atoms with E-state index < -0.39 is 8.56 Å². The zero-order chi connectivity index (χ0) is 9.90. The zero-order valence-electron chi connectivity index (χ0n) is 8.00. The Morgan fingerprint density at radius 2 is 1.69 bits per heavy atom. The number of benzene rings is 1. The first-order chi connectivity index (χ1) is 6.14. The molecule has 0 heterocycles. The first-order valence-electron chi connectivity index (χ1n) is 3.99. The summed E-state index contributed by atoms with van der Waals surface area (Å²) in [5.74, 6) is 0. The second-order valence-electron chi connectivity index (χ2n) is 2.83. The van der Waals surface area contributed by atoms with Crippen LogP contribution in [0.25, 0.3) is 0 Å². The molecule has 1 aromatic carbocycles. The van der Waals surface area contributed by atoms with E-state index in [0.29, 0.717) is 0 Å². The molecule has 0 amide bonds. The van der Waals surface area contributed by atoms with Crippen LogP contribution in [0.3, 0.4) is 0 Å². The van der Waals surface area contributed by atoms with Crippen LogP contribution in [0.2, 0.25) is 6.55 Å². The molecule has 72 valence electrons. The molecule has 2 nitrogen and oxygen atoms in total. The molecule has 0 spiro atoms. The highest BCUT2D eigenvalue weighted by Gasteiger charge is 2.33. The zero-order valence-corrected chi connectivity index (χ0v) is 11.2. The lowest BCUT2D eigenvalue weighted by atomic mass is 10.4. The van der Waals surface area contributed by atoms with Crippen LogP contribution in [0.5, 0.6) is 0 Å². The molecular formula is C9H13IO2Si. The van der Waals surface area contributed by atoms with E-state index in [-0.39, 0.29) is 0 Å². The lowest BCUT2D eigenvalue weighted by Gasteiger charge is -2.23. The summed E-state index contributed by atoms with van der Waals surface area (Å²) < 4.78 is 12.1. The molecule has 13 heavy (non-hydrogen) atoms. The Bertz CT molecular complexity index is 287. The molecular weight excluding hydrogens is 295 g/mol. The quantitative estimate of drug-likeness (QED) is 0.627. The van der Waals surface area contributed by atoms with Crippen LogP contribution < -0.4 is 5.19 Å². The van der Waals surface area contributed by atoms with Crippen LogP contribution in [0.15, 0.2) is 24.3 Å². The van der Waals surface area contributed by atoms with E-state index in [9.17, 15) is 0 Å². The molecule has 4 heteroatoms. The minimum atomic E-state index is -2.13. The van der Waals surface area contributed by atoms with E-state index >= 15 is 0 Å². The van der Waals surface area contributed by atoms with Gasteiger partial charge in [-0.3, -0.25) is 0 Å². The molecule has 0 atom stereocenters. The summed E-state index contributed by atoms with van der Waals surface area (Å²) >= 11 is 2.31. The van der Waals surface area contributed by atoms with Crippen LogP contribution >= 0.6 is 22.6 Å². The van der Waals surface area contributed by atoms with Crippen molar-refractivity contribution in [2.45, 2.75) is 6.55 Å². The molecule has 0 bridgehead atoms. The van der Waals surface area contributed by atoms with Crippen molar-refractivity contribution >= 4 is 36.3 Å². The molecule has 0 saturated heterocycles. The van der Waals surface area contributed by atoms with Crippen molar-refractivity contribution in [2.75, 3.05) is 14.2 Å². The molecule has 0 saturated carbocycles. The van der Waals surface area contributed by atoms with Crippen molar-refractivity contribution in [2.24, 2.45) is 0 Å². The Balaban J connectivity index is 3.12. The monoisotopic (exact) mass is 308 g/mol. The number of hydrogen-bond acceptors (Lipinski definition) is 2. The molecule has 0 radical (unpaired) electrons. The van der Waals surface area contributed by atoms with Crippen LogP contribution in [0.4, 0.5) is 0 Å². The Labute approximate surface area is 93.6 Å².